The third-order valence-corrected chi connectivity index (χ3v) is 7.07. The summed E-state index contributed by atoms with van der Waals surface area (Å²) in [5, 5.41) is 11.7. The lowest BCUT2D eigenvalue weighted by atomic mass is 9.96. The summed E-state index contributed by atoms with van der Waals surface area (Å²) in [7, 11) is 1.57. The van der Waals surface area contributed by atoms with E-state index in [4.69, 9.17) is 14.2 Å². The van der Waals surface area contributed by atoms with E-state index in [1.54, 1.807) is 62.0 Å². The molecule has 2 aliphatic heterocycles. The third kappa shape index (κ3) is 3.54. The van der Waals surface area contributed by atoms with Gasteiger partial charge in [0, 0.05) is 18.0 Å². The fourth-order valence-electron chi connectivity index (χ4n) is 4.35. The van der Waals surface area contributed by atoms with Crippen molar-refractivity contribution in [1.82, 2.24) is 9.97 Å². The van der Waals surface area contributed by atoms with E-state index in [0.717, 1.165) is 4.70 Å². The van der Waals surface area contributed by atoms with Crippen molar-refractivity contribution in [2.45, 2.75) is 6.04 Å². The first-order chi connectivity index (χ1) is 17.5. The Morgan fingerprint density at radius 2 is 1.94 bits per heavy atom. The minimum atomic E-state index is -0.922. The predicted molar refractivity (Wildman–Crippen MR) is 133 cm³/mol. The second-order valence-corrected chi connectivity index (χ2v) is 9.15. The van der Waals surface area contributed by atoms with Crippen LogP contribution in [0.25, 0.3) is 16.0 Å². The number of ether oxygens (including phenoxy) is 3. The number of Topliss-reactive ketones (excluding diaryl/α,β-unsaturated/α-hetero) is 1. The fourth-order valence-corrected chi connectivity index (χ4v) is 5.37. The van der Waals surface area contributed by atoms with Crippen LogP contribution in [0.15, 0.2) is 66.5 Å². The first-order valence-corrected chi connectivity index (χ1v) is 11.9. The van der Waals surface area contributed by atoms with Gasteiger partial charge in [0.05, 0.1) is 28.9 Å². The zero-order chi connectivity index (χ0) is 24.8. The number of amides is 1. The Balaban J connectivity index is 1.52. The van der Waals surface area contributed by atoms with E-state index < -0.39 is 17.7 Å². The molecule has 2 aromatic heterocycles. The quantitative estimate of drug-likeness (QED) is 0.253. The first kappa shape index (κ1) is 22.1. The van der Waals surface area contributed by atoms with Gasteiger partial charge in [-0.1, -0.05) is 17.4 Å². The number of carbonyl (C=O) groups is 2. The molecule has 6 rings (SSSR count). The van der Waals surface area contributed by atoms with Gasteiger partial charge >= 0.3 is 5.91 Å². The Bertz CT molecular complexity index is 1550. The van der Waals surface area contributed by atoms with Crippen LogP contribution in [0.5, 0.6) is 17.2 Å². The van der Waals surface area contributed by atoms with Crippen molar-refractivity contribution in [1.29, 1.82) is 0 Å². The molecule has 4 heterocycles. The number of benzene rings is 2. The number of pyridine rings is 1. The number of anilines is 1. The van der Waals surface area contributed by atoms with Gasteiger partial charge < -0.3 is 19.3 Å². The number of methoxy groups -OCH3 is 1. The highest BCUT2D eigenvalue weighted by atomic mass is 32.1. The SMILES string of the molecule is COc1ccc2nc(N3C(=O)C(=O)/C(=C(/O)c4ccc5c(c4)OCCO5)C3c3cccnc3)sc2c1. The van der Waals surface area contributed by atoms with E-state index in [1.165, 1.54) is 16.2 Å². The summed E-state index contributed by atoms with van der Waals surface area (Å²) < 4.78 is 17.3. The summed E-state index contributed by atoms with van der Waals surface area (Å²) in [5.74, 6) is -0.252. The second-order valence-electron chi connectivity index (χ2n) is 8.14. The summed E-state index contributed by atoms with van der Waals surface area (Å²) in [6.45, 7) is 0.804. The zero-order valence-corrected chi connectivity index (χ0v) is 19.8. The molecule has 1 N–H and O–H groups in total. The minimum Gasteiger partial charge on any atom is -0.507 e. The molecule has 9 nitrogen and oxygen atoms in total. The maximum atomic E-state index is 13.4. The maximum Gasteiger partial charge on any atom is 0.301 e. The van der Waals surface area contributed by atoms with Gasteiger partial charge in [0.25, 0.3) is 5.78 Å². The number of fused-ring (bicyclic) bond motifs is 2. The van der Waals surface area contributed by atoms with E-state index in [2.05, 4.69) is 9.97 Å². The van der Waals surface area contributed by atoms with Gasteiger partial charge in [-0.25, -0.2) is 4.98 Å². The van der Waals surface area contributed by atoms with Crippen molar-refractivity contribution < 1.29 is 28.9 Å². The van der Waals surface area contributed by atoms with Gasteiger partial charge in [0.15, 0.2) is 16.6 Å². The molecular weight excluding hydrogens is 482 g/mol. The molecule has 2 aromatic carbocycles. The van der Waals surface area contributed by atoms with E-state index in [1.807, 2.05) is 6.07 Å². The lowest BCUT2D eigenvalue weighted by molar-refractivity contribution is -0.132. The number of aliphatic hydroxyl groups excluding tert-OH is 1. The molecule has 0 radical (unpaired) electrons. The van der Waals surface area contributed by atoms with Crippen molar-refractivity contribution >= 4 is 44.1 Å². The molecule has 1 fully saturated rings. The average molecular weight is 502 g/mol. The molecule has 1 unspecified atom stereocenters. The number of thiazole rings is 1. The summed E-state index contributed by atoms with van der Waals surface area (Å²) in [4.78, 5) is 36.8. The molecule has 36 heavy (non-hydrogen) atoms. The molecule has 1 saturated heterocycles. The number of carbonyl (C=O) groups excluding carboxylic acids is 2. The van der Waals surface area contributed by atoms with Crippen LogP contribution < -0.4 is 19.1 Å². The van der Waals surface area contributed by atoms with Crippen LogP contribution in [-0.4, -0.2) is 47.1 Å². The number of rotatable bonds is 4. The van der Waals surface area contributed by atoms with Crippen LogP contribution in [0.3, 0.4) is 0 Å². The zero-order valence-electron chi connectivity index (χ0n) is 19.0. The Labute approximate surface area is 209 Å². The Morgan fingerprint density at radius 3 is 2.72 bits per heavy atom. The first-order valence-electron chi connectivity index (χ1n) is 11.1. The highest BCUT2D eigenvalue weighted by Crippen LogP contribution is 2.45. The summed E-state index contributed by atoms with van der Waals surface area (Å²) in [6.07, 6.45) is 3.16. The molecule has 0 aliphatic carbocycles. The third-order valence-electron chi connectivity index (χ3n) is 6.05. The molecular formula is C26H19N3O6S. The molecule has 0 saturated carbocycles. The lowest BCUT2D eigenvalue weighted by Crippen LogP contribution is -2.29. The smallest absolute Gasteiger partial charge is 0.301 e. The number of aliphatic hydroxyl groups is 1. The van der Waals surface area contributed by atoms with Crippen molar-refractivity contribution in [3.63, 3.8) is 0 Å². The van der Waals surface area contributed by atoms with Gasteiger partial charge in [0.2, 0.25) is 0 Å². The van der Waals surface area contributed by atoms with Crippen LogP contribution in [-0.2, 0) is 9.59 Å². The Kier molecular flexibility index (Phi) is 5.30. The molecule has 10 heteroatoms. The van der Waals surface area contributed by atoms with Gasteiger partial charge in [-0.3, -0.25) is 19.5 Å². The molecule has 1 amide bonds. The van der Waals surface area contributed by atoms with Crippen molar-refractivity contribution in [3.8, 4) is 17.2 Å². The van der Waals surface area contributed by atoms with E-state index in [0.29, 0.717) is 52.2 Å². The van der Waals surface area contributed by atoms with Crippen LogP contribution in [0.1, 0.15) is 17.2 Å². The van der Waals surface area contributed by atoms with Crippen LogP contribution in [0.2, 0.25) is 0 Å². The predicted octanol–water partition coefficient (Wildman–Crippen LogP) is 4.10. The molecule has 2 aliphatic rings. The lowest BCUT2D eigenvalue weighted by Gasteiger charge is -2.23. The fraction of sp³-hybridized carbons (Fsp3) is 0.154. The Hall–Kier alpha value is -4.44. The molecule has 1 atom stereocenters. The monoisotopic (exact) mass is 501 g/mol. The highest BCUT2D eigenvalue weighted by molar-refractivity contribution is 7.22. The molecule has 4 aromatic rings. The topological polar surface area (TPSA) is 111 Å². The molecule has 180 valence electrons. The van der Waals surface area contributed by atoms with E-state index in [9.17, 15) is 14.7 Å². The van der Waals surface area contributed by atoms with Crippen LogP contribution >= 0.6 is 11.3 Å². The van der Waals surface area contributed by atoms with E-state index in [-0.39, 0.29) is 11.3 Å². The molecule has 0 bridgehead atoms. The standard InChI is InChI=1S/C26H19N3O6S/c1-33-16-5-6-17-20(12-16)36-26(28-17)29-22(15-3-2-8-27-13-15)21(24(31)25(29)32)23(30)14-4-7-18-19(11-14)35-10-9-34-18/h2-8,11-13,22,30H,9-10H2,1H3/b23-21+. The van der Waals surface area contributed by atoms with Crippen molar-refractivity contribution in [2.75, 3.05) is 25.2 Å². The summed E-state index contributed by atoms with van der Waals surface area (Å²) >= 11 is 1.26. The minimum absolute atomic E-state index is 0.0542. The van der Waals surface area contributed by atoms with Crippen molar-refractivity contribution in [3.05, 3.63) is 77.6 Å². The number of ketones is 1. The average Bonchev–Trinajstić information content (AvgIpc) is 3.46. The van der Waals surface area contributed by atoms with Gasteiger partial charge in [-0.15, -0.1) is 0 Å². The second kappa shape index (κ2) is 8.65. The van der Waals surface area contributed by atoms with Gasteiger partial charge in [-0.2, -0.15) is 0 Å². The van der Waals surface area contributed by atoms with Crippen LogP contribution in [0.4, 0.5) is 5.13 Å². The van der Waals surface area contributed by atoms with Crippen LogP contribution in [0, 0.1) is 0 Å². The summed E-state index contributed by atoms with van der Waals surface area (Å²) in [6, 6.07) is 12.8. The number of aromatic nitrogens is 2. The van der Waals surface area contributed by atoms with E-state index >= 15 is 0 Å². The highest BCUT2D eigenvalue weighted by Gasteiger charge is 2.48. The summed E-state index contributed by atoms with van der Waals surface area (Å²) in [5.41, 5.74) is 1.50. The van der Waals surface area contributed by atoms with Crippen molar-refractivity contribution in [2.24, 2.45) is 0 Å². The largest absolute Gasteiger partial charge is 0.507 e. The molecule has 0 spiro atoms. The number of hydrogen-bond donors (Lipinski definition) is 1. The Morgan fingerprint density at radius 1 is 1.11 bits per heavy atom. The number of hydrogen-bond acceptors (Lipinski definition) is 9. The normalized spacial score (nSPS) is 18.6. The maximum absolute atomic E-state index is 13.4. The van der Waals surface area contributed by atoms with Gasteiger partial charge in [-0.05, 0) is 48.0 Å². The van der Waals surface area contributed by atoms with Gasteiger partial charge in [0.1, 0.15) is 24.7 Å². The number of nitrogens with zero attached hydrogens (tertiary/aromatic N) is 3.